The number of rotatable bonds is 3. The van der Waals surface area contributed by atoms with E-state index in [1.165, 1.54) is 12.1 Å². The van der Waals surface area contributed by atoms with Crippen LogP contribution in [0.1, 0.15) is 0 Å². The van der Waals surface area contributed by atoms with Gasteiger partial charge in [0, 0.05) is 0 Å². The van der Waals surface area contributed by atoms with Gasteiger partial charge in [-0.1, -0.05) is 23.9 Å². The molecule has 16 heavy (non-hydrogen) atoms. The van der Waals surface area contributed by atoms with Crippen LogP contribution in [0.5, 0.6) is 0 Å². The summed E-state index contributed by atoms with van der Waals surface area (Å²) in [6.45, 7) is 0. The zero-order valence-corrected chi connectivity index (χ0v) is 9.47. The molecule has 76 valence electrons. The van der Waals surface area contributed by atoms with E-state index in [0.29, 0.717) is 0 Å². The Morgan fingerprint density at radius 1 is 1.25 bits per heavy atom. The first-order valence-electron chi connectivity index (χ1n) is 3.31. The summed E-state index contributed by atoms with van der Waals surface area (Å²) in [6, 6.07) is 4.30. The summed E-state index contributed by atoms with van der Waals surface area (Å²) in [6.07, 6.45) is 0. The van der Waals surface area contributed by atoms with Gasteiger partial charge in [-0.2, -0.15) is 0 Å². The molecule has 0 saturated heterocycles. The van der Waals surface area contributed by atoms with Gasteiger partial charge in [-0.05, 0) is 11.1 Å². The summed E-state index contributed by atoms with van der Waals surface area (Å²) in [7, 11) is -4.59. The van der Waals surface area contributed by atoms with Crippen LogP contribution in [-0.2, 0) is 10.1 Å². The minimum Gasteiger partial charge on any atom is -0.744 e. The Balaban J connectivity index is 0. The number of benzene rings is 1. The largest absolute Gasteiger partial charge is 1.00 e. The molecule has 0 aliphatic rings. The van der Waals surface area contributed by atoms with Gasteiger partial charge in [0.25, 0.3) is 0 Å². The average Bonchev–Trinajstić information content (AvgIpc) is 2.01. The topological polar surface area (TPSA) is 114 Å². The van der Waals surface area contributed by atoms with Crippen LogP contribution in [0, 0.1) is 10.1 Å². The number of hydrogen-bond acceptors (Lipinski definition) is 5. The standard InChI is InChI=1S/C6H5N2O5S.2Li/c9-8(10)7-5-2-1-3-6(4-5)14(11,12)13;;/h1-4H,(H,11,12,13);;/q-1;2*+1/p-1. The number of nitrogens with zero attached hydrogens (tertiary/aromatic N) is 2. The third kappa shape index (κ3) is 5.57. The molecule has 0 unspecified atom stereocenters. The molecule has 0 aliphatic carbocycles. The van der Waals surface area contributed by atoms with Crippen molar-refractivity contribution in [2.24, 2.45) is 0 Å². The molecule has 1 rings (SSSR count). The van der Waals surface area contributed by atoms with E-state index in [2.05, 4.69) is 5.43 Å². The van der Waals surface area contributed by atoms with Gasteiger partial charge in [-0.25, -0.2) is 8.42 Å². The van der Waals surface area contributed by atoms with E-state index in [-0.39, 0.29) is 43.4 Å². The minimum absolute atomic E-state index is 0. The number of hydrogen-bond donors (Lipinski definition) is 0. The fraction of sp³-hybridized carbons (Fsp3) is 0. The van der Waals surface area contributed by atoms with Crippen molar-refractivity contribution in [3.63, 3.8) is 0 Å². The first-order chi connectivity index (χ1) is 6.39. The second-order valence-corrected chi connectivity index (χ2v) is 3.67. The van der Waals surface area contributed by atoms with E-state index in [1.807, 2.05) is 0 Å². The van der Waals surface area contributed by atoms with E-state index < -0.39 is 20.0 Å². The maximum Gasteiger partial charge on any atom is 1.00 e. The van der Waals surface area contributed by atoms with Gasteiger partial charge in [-0.3, -0.25) is 10.1 Å². The fourth-order valence-corrected chi connectivity index (χ4v) is 1.31. The monoisotopic (exact) mass is 230 g/mol. The molecule has 1 aromatic carbocycles. The van der Waals surface area contributed by atoms with E-state index in [0.717, 1.165) is 12.1 Å². The van der Waals surface area contributed by atoms with Crippen LogP contribution in [0.2, 0.25) is 0 Å². The molecule has 0 atom stereocenters. The summed E-state index contributed by atoms with van der Waals surface area (Å²) in [5.41, 5.74) is 2.66. The van der Waals surface area contributed by atoms with Gasteiger partial charge < -0.3 is 9.98 Å². The van der Waals surface area contributed by atoms with E-state index >= 15 is 0 Å². The van der Waals surface area contributed by atoms with Crippen LogP contribution < -0.4 is 37.7 Å². The van der Waals surface area contributed by atoms with E-state index in [1.54, 1.807) is 0 Å². The molecule has 7 nitrogen and oxygen atoms in total. The Labute approximate surface area is 116 Å². The smallest absolute Gasteiger partial charge is 0.744 e. The van der Waals surface area contributed by atoms with Crippen LogP contribution in [0.4, 0.5) is 5.69 Å². The zero-order valence-electron chi connectivity index (χ0n) is 8.65. The molecule has 0 radical (unpaired) electrons. The second-order valence-electron chi connectivity index (χ2n) is 2.29. The maximum atomic E-state index is 10.5. The molecular formula is C6H4Li2N2O5S. The Hall–Kier alpha value is -0.475. The average molecular weight is 230 g/mol. The van der Waals surface area contributed by atoms with E-state index in [9.17, 15) is 23.1 Å². The predicted octanol–water partition coefficient (Wildman–Crippen LogP) is -5.20. The number of nitro groups is 1. The molecular weight excluding hydrogens is 226 g/mol. The van der Waals surface area contributed by atoms with Gasteiger partial charge in [0.05, 0.1) is 4.90 Å². The Bertz CT molecular complexity index is 464. The quantitative estimate of drug-likeness (QED) is 0.223. The summed E-state index contributed by atoms with van der Waals surface area (Å²) in [5.74, 6) is 0. The van der Waals surface area contributed by atoms with Gasteiger partial charge in [0.1, 0.15) is 10.1 Å². The van der Waals surface area contributed by atoms with Crippen molar-refractivity contribution in [1.29, 1.82) is 0 Å². The molecule has 0 N–H and O–H groups in total. The molecule has 0 aromatic heterocycles. The van der Waals surface area contributed by atoms with Crippen molar-refractivity contribution < 1.29 is 55.7 Å². The molecule has 0 bridgehead atoms. The normalized spacial score (nSPS) is 9.56. The Morgan fingerprint density at radius 3 is 2.25 bits per heavy atom. The Morgan fingerprint density at radius 2 is 1.81 bits per heavy atom. The van der Waals surface area contributed by atoms with Gasteiger partial charge in [0.2, 0.25) is 0 Å². The van der Waals surface area contributed by atoms with Gasteiger partial charge in [-0.15, -0.1) is 0 Å². The first kappa shape index (κ1) is 17.9. The third-order valence-electron chi connectivity index (χ3n) is 1.30. The molecule has 0 fully saturated rings. The molecule has 0 spiro atoms. The van der Waals surface area contributed by atoms with Crippen LogP contribution in [0.15, 0.2) is 29.2 Å². The van der Waals surface area contributed by atoms with Crippen molar-refractivity contribution in [3.8, 4) is 0 Å². The predicted molar refractivity (Wildman–Crippen MR) is 44.4 cm³/mol. The summed E-state index contributed by atoms with van der Waals surface area (Å²) >= 11 is 0. The van der Waals surface area contributed by atoms with Gasteiger partial charge in [0.15, 0.2) is 0 Å². The van der Waals surface area contributed by atoms with Crippen molar-refractivity contribution in [2.75, 3.05) is 0 Å². The van der Waals surface area contributed by atoms with E-state index in [4.69, 9.17) is 0 Å². The van der Waals surface area contributed by atoms with Crippen molar-refractivity contribution >= 4 is 15.8 Å². The summed E-state index contributed by atoms with van der Waals surface area (Å²) in [4.78, 5) is 9.40. The maximum absolute atomic E-state index is 10.5. The van der Waals surface area contributed by atoms with Crippen LogP contribution >= 0.6 is 0 Å². The van der Waals surface area contributed by atoms with Crippen LogP contribution in [0.25, 0.3) is 5.43 Å². The zero-order chi connectivity index (χ0) is 10.8. The molecule has 1 aromatic rings. The second kappa shape index (κ2) is 6.97. The summed E-state index contributed by atoms with van der Waals surface area (Å²) in [5, 5.41) is 8.97. The van der Waals surface area contributed by atoms with Crippen LogP contribution in [0.3, 0.4) is 0 Å². The molecule has 0 amide bonds. The molecule has 10 heteroatoms. The minimum atomic E-state index is -4.59. The van der Waals surface area contributed by atoms with Crippen molar-refractivity contribution in [1.82, 2.24) is 0 Å². The van der Waals surface area contributed by atoms with Crippen LogP contribution in [-0.4, -0.2) is 18.0 Å². The molecule has 0 aliphatic heterocycles. The Kier molecular flexibility index (Phi) is 7.80. The van der Waals surface area contributed by atoms with Crippen molar-refractivity contribution in [3.05, 3.63) is 39.8 Å². The third-order valence-corrected chi connectivity index (χ3v) is 2.13. The van der Waals surface area contributed by atoms with Gasteiger partial charge >= 0.3 is 37.7 Å². The first-order valence-corrected chi connectivity index (χ1v) is 4.72. The molecule has 0 heterocycles. The fourth-order valence-electron chi connectivity index (χ4n) is 0.796. The summed E-state index contributed by atoms with van der Waals surface area (Å²) < 4.78 is 31.5. The SMILES string of the molecule is O=[N+]([O-])[N-]c1cccc(S(=O)(=O)[O-])c1.[Li+].[Li+]. The molecule has 0 saturated carbocycles. The van der Waals surface area contributed by atoms with Crippen molar-refractivity contribution in [2.45, 2.75) is 4.90 Å².